The van der Waals surface area contributed by atoms with E-state index in [0.717, 1.165) is 5.69 Å². The van der Waals surface area contributed by atoms with Crippen LogP contribution >= 0.6 is 0 Å². The highest BCUT2D eigenvalue weighted by Gasteiger charge is 2.15. The summed E-state index contributed by atoms with van der Waals surface area (Å²) in [6.07, 6.45) is 0. The molecule has 0 atom stereocenters. The van der Waals surface area contributed by atoms with E-state index in [1.54, 1.807) is 38.1 Å². The molecule has 1 aromatic heterocycles. The molecule has 0 radical (unpaired) electrons. The summed E-state index contributed by atoms with van der Waals surface area (Å²) >= 11 is 0. The molecule has 6 heteroatoms. The number of aryl methyl sites for hydroxylation is 2. The Balaban J connectivity index is 2.14. The van der Waals surface area contributed by atoms with Crippen LogP contribution in [0.25, 0.3) is 0 Å². The molecule has 0 aliphatic heterocycles. The zero-order valence-electron chi connectivity index (χ0n) is 11.2. The van der Waals surface area contributed by atoms with Crippen LogP contribution in [0, 0.1) is 25.2 Å². The van der Waals surface area contributed by atoms with Gasteiger partial charge >= 0.3 is 0 Å². The third kappa shape index (κ3) is 2.95. The van der Waals surface area contributed by atoms with Crippen LogP contribution in [0.3, 0.4) is 0 Å². The Hall–Kier alpha value is -2.81. The summed E-state index contributed by atoms with van der Waals surface area (Å²) in [4.78, 5) is 12.2. The number of nitrogens with zero attached hydrogens (tertiary/aromatic N) is 2. The molecule has 0 saturated carbocycles. The number of anilines is 1. The molecule has 102 valence electrons. The number of carbonyl (C=O) groups is 1. The Morgan fingerprint density at radius 3 is 2.95 bits per heavy atom. The first kappa shape index (κ1) is 13.6. The van der Waals surface area contributed by atoms with E-state index in [2.05, 4.69) is 15.5 Å². The summed E-state index contributed by atoms with van der Waals surface area (Å²) in [5, 5.41) is 18.0. The van der Waals surface area contributed by atoms with E-state index in [9.17, 15) is 4.79 Å². The highest BCUT2D eigenvalue weighted by Crippen LogP contribution is 2.19. The maximum atomic E-state index is 12.2. The van der Waals surface area contributed by atoms with Gasteiger partial charge in [-0.05, 0) is 26.0 Å². The van der Waals surface area contributed by atoms with Crippen molar-refractivity contribution in [3.63, 3.8) is 0 Å². The van der Waals surface area contributed by atoms with Gasteiger partial charge in [0, 0.05) is 17.4 Å². The molecule has 6 nitrogen and oxygen atoms in total. The second kappa shape index (κ2) is 5.89. The van der Waals surface area contributed by atoms with Gasteiger partial charge < -0.3 is 10.1 Å². The fraction of sp³-hybridized carbons (Fsp3) is 0.214. The van der Waals surface area contributed by atoms with E-state index in [-0.39, 0.29) is 12.5 Å². The van der Waals surface area contributed by atoms with Crippen molar-refractivity contribution < 1.29 is 9.53 Å². The minimum absolute atomic E-state index is 0.0304. The van der Waals surface area contributed by atoms with E-state index in [1.807, 2.05) is 6.07 Å². The average Bonchev–Trinajstić information content (AvgIpc) is 2.76. The zero-order valence-corrected chi connectivity index (χ0v) is 11.2. The lowest BCUT2D eigenvalue weighted by Crippen LogP contribution is -2.13. The van der Waals surface area contributed by atoms with Crippen molar-refractivity contribution in [2.24, 2.45) is 0 Å². The van der Waals surface area contributed by atoms with Gasteiger partial charge in [-0.3, -0.25) is 9.89 Å². The molecular weight excluding hydrogens is 256 g/mol. The summed E-state index contributed by atoms with van der Waals surface area (Å²) in [5.74, 6) is 0.302. The first-order chi connectivity index (χ1) is 9.61. The highest BCUT2D eigenvalue weighted by atomic mass is 16.5. The largest absolute Gasteiger partial charge is 0.479 e. The molecule has 0 bridgehead atoms. The fourth-order valence-electron chi connectivity index (χ4n) is 1.86. The second-order valence-electron chi connectivity index (χ2n) is 4.24. The molecule has 0 aliphatic rings. The maximum Gasteiger partial charge on any atom is 0.259 e. The summed E-state index contributed by atoms with van der Waals surface area (Å²) in [7, 11) is 0. The Kier molecular flexibility index (Phi) is 4.01. The third-order valence-corrected chi connectivity index (χ3v) is 2.75. The van der Waals surface area contributed by atoms with Gasteiger partial charge in [0.25, 0.3) is 5.91 Å². The van der Waals surface area contributed by atoms with Gasteiger partial charge in [-0.1, -0.05) is 6.07 Å². The molecule has 1 aromatic carbocycles. The number of hydrogen-bond donors (Lipinski definition) is 2. The maximum absolute atomic E-state index is 12.2. The number of nitriles is 1. The van der Waals surface area contributed by atoms with Crippen molar-refractivity contribution in [2.45, 2.75) is 13.8 Å². The standard InChI is InChI=1S/C14H14N4O2/c1-9-13(10(2)18-17-9)14(19)16-11-4-3-5-12(8-11)20-7-6-15/h3-5,8H,7H2,1-2H3,(H,16,19)(H,17,18). The van der Waals surface area contributed by atoms with Gasteiger partial charge in [0.1, 0.15) is 11.8 Å². The van der Waals surface area contributed by atoms with Gasteiger partial charge in [0.15, 0.2) is 6.61 Å². The van der Waals surface area contributed by atoms with Crippen LogP contribution in [0.15, 0.2) is 24.3 Å². The van der Waals surface area contributed by atoms with Gasteiger partial charge in [-0.2, -0.15) is 10.4 Å². The van der Waals surface area contributed by atoms with Crippen LogP contribution in [0.4, 0.5) is 5.69 Å². The number of nitrogens with one attached hydrogen (secondary N) is 2. The molecule has 20 heavy (non-hydrogen) atoms. The zero-order chi connectivity index (χ0) is 14.5. The van der Waals surface area contributed by atoms with Gasteiger partial charge in [-0.15, -0.1) is 0 Å². The average molecular weight is 270 g/mol. The molecule has 0 fully saturated rings. The minimum Gasteiger partial charge on any atom is -0.479 e. The first-order valence-corrected chi connectivity index (χ1v) is 6.04. The van der Waals surface area contributed by atoms with Crippen LogP contribution in [0.2, 0.25) is 0 Å². The topological polar surface area (TPSA) is 90.8 Å². The Labute approximate surface area is 116 Å². The molecule has 1 amide bonds. The predicted octanol–water partition coefficient (Wildman–Crippen LogP) is 2.18. The molecule has 0 spiro atoms. The first-order valence-electron chi connectivity index (χ1n) is 6.04. The molecule has 2 rings (SSSR count). The monoisotopic (exact) mass is 270 g/mol. The van der Waals surface area contributed by atoms with Crippen LogP contribution in [0.1, 0.15) is 21.7 Å². The second-order valence-corrected chi connectivity index (χ2v) is 4.24. The number of ether oxygens (including phenoxy) is 1. The Morgan fingerprint density at radius 2 is 2.30 bits per heavy atom. The van der Waals surface area contributed by atoms with E-state index in [1.165, 1.54) is 0 Å². The number of hydrogen-bond acceptors (Lipinski definition) is 4. The lowest BCUT2D eigenvalue weighted by molar-refractivity contribution is 0.102. The lowest BCUT2D eigenvalue weighted by Gasteiger charge is -2.07. The number of benzene rings is 1. The number of aromatic nitrogens is 2. The molecule has 2 aromatic rings. The lowest BCUT2D eigenvalue weighted by atomic mass is 10.2. The van der Waals surface area contributed by atoms with E-state index < -0.39 is 0 Å². The molecule has 2 N–H and O–H groups in total. The normalized spacial score (nSPS) is 9.85. The van der Waals surface area contributed by atoms with Crippen LogP contribution in [0.5, 0.6) is 5.75 Å². The number of rotatable bonds is 4. The molecule has 0 unspecified atom stereocenters. The van der Waals surface area contributed by atoms with E-state index >= 15 is 0 Å². The number of aromatic amines is 1. The van der Waals surface area contributed by atoms with Gasteiger partial charge in [0.05, 0.1) is 11.3 Å². The molecule has 0 saturated heterocycles. The van der Waals surface area contributed by atoms with E-state index in [4.69, 9.17) is 10.00 Å². The SMILES string of the molecule is Cc1n[nH]c(C)c1C(=O)Nc1cccc(OCC#N)c1. The van der Waals surface area contributed by atoms with Crippen LogP contribution < -0.4 is 10.1 Å². The fourth-order valence-corrected chi connectivity index (χ4v) is 1.86. The number of amides is 1. The minimum atomic E-state index is -0.230. The third-order valence-electron chi connectivity index (χ3n) is 2.75. The van der Waals surface area contributed by atoms with Crippen LogP contribution in [-0.4, -0.2) is 22.7 Å². The predicted molar refractivity (Wildman–Crippen MR) is 73.6 cm³/mol. The molecule has 0 aliphatic carbocycles. The van der Waals surface area contributed by atoms with Gasteiger partial charge in [-0.25, -0.2) is 0 Å². The Morgan fingerprint density at radius 1 is 1.50 bits per heavy atom. The van der Waals surface area contributed by atoms with Gasteiger partial charge in [0.2, 0.25) is 0 Å². The Bertz CT molecular complexity index is 651. The van der Waals surface area contributed by atoms with Crippen LogP contribution in [-0.2, 0) is 0 Å². The molecular formula is C14H14N4O2. The van der Waals surface area contributed by atoms with Crippen molar-refractivity contribution in [1.29, 1.82) is 5.26 Å². The summed E-state index contributed by atoms with van der Waals surface area (Å²) in [6, 6.07) is 8.78. The van der Waals surface area contributed by atoms with Crippen molar-refractivity contribution in [3.05, 3.63) is 41.2 Å². The smallest absolute Gasteiger partial charge is 0.259 e. The number of H-pyrrole nitrogens is 1. The summed E-state index contributed by atoms with van der Waals surface area (Å²) < 4.78 is 5.18. The number of carbonyl (C=O) groups excluding carboxylic acids is 1. The van der Waals surface area contributed by atoms with Crippen molar-refractivity contribution in [1.82, 2.24) is 10.2 Å². The summed E-state index contributed by atoms with van der Waals surface area (Å²) in [5.41, 5.74) is 2.51. The van der Waals surface area contributed by atoms with Crippen molar-refractivity contribution in [2.75, 3.05) is 11.9 Å². The molecule has 1 heterocycles. The quantitative estimate of drug-likeness (QED) is 0.890. The van der Waals surface area contributed by atoms with Crippen molar-refractivity contribution in [3.8, 4) is 11.8 Å². The summed E-state index contributed by atoms with van der Waals surface area (Å²) in [6.45, 7) is 3.53. The van der Waals surface area contributed by atoms with Crippen molar-refractivity contribution >= 4 is 11.6 Å². The highest BCUT2D eigenvalue weighted by molar-refractivity contribution is 6.05. The van der Waals surface area contributed by atoms with E-state index in [0.29, 0.717) is 22.7 Å².